The first-order valence-electron chi connectivity index (χ1n) is 11.2. The van der Waals surface area contributed by atoms with E-state index >= 15 is 0 Å². The molecule has 0 saturated carbocycles. The van der Waals surface area contributed by atoms with Crippen LogP contribution in [-0.2, 0) is 17.9 Å². The maximum absolute atomic E-state index is 13.0. The standard InChI is InChI=1S/C23H34N6O/c1-18-14-21(26-25-18)17-27(2)23(30)20-4-3-11-29(16-20)22-7-12-28(13-8-22)15-19-5-9-24-10-6-19/h5-6,9-10,14,20,22H,3-4,7-8,11-13,15-17H2,1-2H3,(H,25,26)/t20-/m0/s1. The topological polar surface area (TPSA) is 68.4 Å². The van der Waals surface area contributed by atoms with Gasteiger partial charge in [-0.2, -0.15) is 5.10 Å². The number of nitrogens with zero attached hydrogens (tertiary/aromatic N) is 5. The number of carbonyl (C=O) groups is 1. The molecule has 0 aromatic carbocycles. The quantitative estimate of drug-likeness (QED) is 0.792. The third-order valence-corrected chi connectivity index (χ3v) is 6.57. The van der Waals surface area contributed by atoms with Gasteiger partial charge in [0.2, 0.25) is 5.91 Å². The van der Waals surface area contributed by atoms with E-state index in [2.05, 4.69) is 37.1 Å². The van der Waals surface area contributed by atoms with Crippen molar-refractivity contribution in [3.63, 3.8) is 0 Å². The summed E-state index contributed by atoms with van der Waals surface area (Å²) in [4.78, 5) is 24.1. The fourth-order valence-corrected chi connectivity index (χ4v) is 4.92. The first kappa shape index (κ1) is 21.0. The molecule has 2 fully saturated rings. The van der Waals surface area contributed by atoms with Crippen molar-refractivity contribution in [2.45, 2.75) is 51.7 Å². The van der Waals surface area contributed by atoms with Crippen molar-refractivity contribution < 1.29 is 4.79 Å². The fourth-order valence-electron chi connectivity index (χ4n) is 4.92. The number of rotatable bonds is 6. The van der Waals surface area contributed by atoms with Crippen molar-refractivity contribution >= 4 is 5.91 Å². The first-order valence-corrected chi connectivity index (χ1v) is 11.2. The number of carbonyl (C=O) groups excluding carboxylic acids is 1. The summed E-state index contributed by atoms with van der Waals surface area (Å²) in [5.74, 6) is 0.370. The molecular weight excluding hydrogens is 376 g/mol. The largest absolute Gasteiger partial charge is 0.340 e. The monoisotopic (exact) mass is 410 g/mol. The average molecular weight is 411 g/mol. The molecule has 2 aromatic heterocycles. The van der Waals surface area contributed by atoms with Crippen LogP contribution in [0.25, 0.3) is 0 Å². The number of piperidine rings is 2. The van der Waals surface area contributed by atoms with Crippen molar-refractivity contribution in [2.24, 2.45) is 5.92 Å². The molecule has 0 aliphatic carbocycles. The van der Waals surface area contributed by atoms with E-state index < -0.39 is 0 Å². The molecule has 1 atom stereocenters. The van der Waals surface area contributed by atoms with Crippen LogP contribution in [-0.4, -0.2) is 75.1 Å². The molecule has 2 aliphatic rings. The Kier molecular flexibility index (Phi) is 6.79. The second kappa shape index (κ2) is 9.71. The van der Waals surface area contributed by atoms with Crippen LogP contribution in [0.3, 0.4) is 0 Å². The fraction of sp³-hybridized carbons (Fsp3) is 0.609. The van der Waals surface area contributed by atoms with Gasteiger partial charge in [0, 0.05) is 44.3 Å². The molecule has 4 rings (SSSR count). The zero-order chi connectivity index (χ0) is 20.9. The van der Waals surface area contributed by atoms with Gasteiger partial charge in [0.1, 0.15) is 0 Å². The van der Waals surface area contributed by atoms with Gasteiger partial charge in [0.25, 0.3) is 0 Å². The Morgan fingerprint density at radius 1 is 1.20 bits per heavy atom. The molecular formula is C23H34N6O. The number of pyridine rings is 1. The number of aromatic nitrogens is 3. The second-order valence-electron chi connectivity index (χ2n) is 8.93. The second-order valence-corrected chi connectivity index (χ2v) is 8.93. The highest BCUT2D eigenvalue weighted by molar-refractivity contribution is 5.78. The molecule has 1 N–H and O–H groups in total. The normalized spacial score (nSPS) is 21.6. The molecule has 4 heterocycles. The highest BCUT2D eigenvalue weighted by Gasteiger charge is 2.32. The number of amides is 1. The lowest BCUT2D eigenvalue weighted by molar-refractivity contribution is -0.137. The Morgan fingerprint density at radius 3 is 2.67 bits per heavy atom. The molecule has 0 spiro atoms. The van der Waals surface area contributed by atoms with Crippen LogP contribution in [0.2, 0.25) is 0 Å². The number of hydrogen-bond acceptors (Lipinski definition) is 5. The summed E-state index contributed by atoms with van der Waals surface area (Å²) >= 11 is 0. The Balaban J connectivity index is 1.26. The van der Waals surface area contributed by atoms with Crippen molar-refractivity contribution in [3.8, 4) is 0 Å². The minimum Gasteiger partial charge on any atom is -0.340 e. The van der Waals surface area contributed by atoms with Crippen LogP contribution < -0.4 is 0 Å². The van der Waals surface area contributed by atoms with Gasteiger partial charge in [-0.1, -0.05) is 0 Å². The summed E-state index contributed by atoms with van der Waals surface area (Å²) in [6.07, 6.45) is 8.24. The molecule has 30 heavy (non-hydrogen) atoms. The summed E-state index contributed by atoms with van der Waals surface area (Å²) in [7, 11) is 1.91. The molecule has 7 heteroatoms. The third kappa shape index (κ3) is 5.26. The minimum atomic E-state index is 0.110. The SMILES string of the molecule is Cc1cc(CN(C)C(=O)[C@H]2CCCN(C3CCN(Cc4ccncc4)CC3)C2)n[nH]1. The van der Waals surface area contributed by atoms with Crippen molar-refractivity contribution in [2.75, 3.05) is 33.2 Å². The smallest absolute Gasteiger partial charge is 0.227 e. The summed E-state index contributed by atoms with van der Waals surface area (Å²) in [6.45, 7) is 7.85. The molecule has 162 valence electrons. The van der Waals surface area contributed by atoms with Crippen molar-refractivity contribution in [1.82, 2.24) is 29.9 Å². The van der Waals surface area contributed by atoms with Crippen LogP contribution >= 0.6 is 0 Å². The minimum absolute atomic E-state index is 0.110. The van der Waals surface area contributed by atoms with E-state index in [-0.39, 0.29) is 11.8 Å². The summed E-state index contributed by atoms with van der Waals surface area (Å²) in [5, 5.41) is 7.23. The Hall–Kier alpha value is -2.25. The molecule has 7 nitrogen and oxygen atoms in total. The van der Waals surface area contributed by atoms with E-state index in [4.69, 9.17) is 0 Å². The van der Waals surface area contributed by atoms with Gasteiger partial charge < -0.3 is 4.90 Å². The summed E-state index contributed by atoms with van der Waals surface area (Å²) in [5.41, 5.74) is 3.30. The van der Waals surface area contributed by atoms with Gasteiger partial charge in [0.15, 0.2) is 0 Å². The highest BCUT2D eigenvalue weighted by atomic mass is 16.2. The molecule has 2 aromatic rings. The Bertz CT molecular complexity index is 814. The van der Waals surface area contributed by atoms with Crippen LogP contribution in [0, 0.1) is 12.8 Å². The van der Waals surface area contributed by atoms with Crippen molar-refractivity contribution in [1.29, 1.82) is 0 Å². The predicted molar refractivity (Wildman–Crippen MR) is 117 cm³/mol. The van der Waals surface area contributed by atoms with E-state index in [1.54, 1.807) is 0 Å². The van der Waals surface area contributed by atoms with Gasteiger partial charge >= 0.3 is 0 Å². The van der Waals surface area contributed by atoms with Crippen molar-refractivity contribution in [3.05, 3.63) is 47.5 Å². The summed E-state index contributed by atoms with van der Waals surface area (Å²) < 4.78 is 0. The molecule has 2 saturated heterocycles. The molecule has 0 radical (unpaired) electrons. The zero-order valence-electron chi connectivity index (χ0n) is 18.3. The van der Waals surface area contributed by atoms with Gasteiger partial charge in [-0.05, 0) is 76.0 Å². The average Bonchev–Trinajstić information content (AvgIpc) is 3.19. The number of likely N-dealkylation sites (tertiary alicyclic amines) is 2. The maximum Gasteiger partial charge on any atom is 0.227 e. The molecule has 2 aliphatic heterocycles. The zero-order valence-corrected chi connectivity index (χ0v) is 18.3. The van der Waals surface area contributed by atoms with E-state index in [0.29, 0.717) is 12.6 Å². The summed E-state index contributed by atoms with van der Waals surface area (Å²) in [6, 6.07) is 6.83. The predicted octanol–water partition coefficient (Wildman–Crippen LogP) is 2.45. The van der Waals surface area contributed by atoms with Crippen LogP contribution in [0.1, 0.15) is 42.6 Å². The van der Waals surface area contributed by atoms with E-state index in [0.717, 1.165) is 57.0 Å². The van der Waals surface area contributed by atoms with Crippen LogP contribution in [0.15, 0.2) is 30.6 Å². The van der Waals surface area contributed by atoms with E-state index in [1.165, 1.54) is 18.4 Å². The van der Waals surface area contributed by atoms with Gasteiger partial charge in [-0.15, -0.1) is 0 Å². The lowest BCUT2D eigenvalue weighted by atomic mass is 9.92. The third-order valence-electron chi connectivity index (χ3n) is 6.57. The Labute approximate surface area is 179 Å². The first-order chi connectivity index (χ1) is 14.6. The van der Waals surface area contributed by atoms with Crippen LogP contribution in [0.4, 0.5) is 0 Å². The highest BCUT2D eigenvalue weighted by Crippen LogP contribution is 2.25. The Morgan fingerprint density at radius 2 is 1.97 bits per heavy atom. The molecule has 0 unspecified atom stereocenters. The number of H-pyrrole nitrogens is 1. The van der Waals surface area contributed by atoms with Crippen LogP contribution in [0.5, 0.6) is 0 Å². The van der Waals surface area contributed by atoms with Gasteiger partial charge in [0.05, 0.1) is 18.2 Å². The lowest BCUT2D eigenvalue weighted by Gasteiger charge is -2.42. The number of aryl methyl sites for hydroxylation is 1. The maximum atomic E-state index is 13.0. The number of hydrogen-bond donors (Lipinski definition) is 1. The molecule has 0 bridgehead atoms. The lowest BCUT2D eigenvalue weighted by Crippen LogP contribution is -2.50. The molecule has 1 amide bonds. The van der Waals surface area contributed by atoms with E-state index in [9.17, 15) is 4.79 Å². The van der Waals surface area contributed by atoms with Gasteiger partial charge in [-0.25, -0.2) is 0 Å². The number of nitrogens with one attached hydrogen (secondary N) is 1. The number of aromatic amines is 1. The van der Waals surface area contributed by atoms with Gasteiger partial charge in [-0.3, -0.25) is 24.7 Å². The van der Waals surface area contributed by atoms with E-state index in [1.807, 2.05) is 37.3 Å².